The largest absolute Gasteiger partial charge is 0.445 e. The quantitative estimate of drug-likeness (QED) is 0.743. The number of likely N-dealkylation sites (tertiary alicyclic amines) is 1. The highest BCUT2D eigenvalue weighted by atomic mass is 16.4. The Kier molecular flexibility index (Phi) is 3.59. The molecule has 0 atom stereocenters. The van der Waals surface area contributed by atoms with Crippen molar-refractivity contribution in [1.82, 2.24) is 30.4 Å². The minimum Gasteiger partial charge on any atom is -0.445 e. The van der Waals surface area contributed by atoms with Crippen LogP contribution >= 0.6 is 0 Å². The van der Waals surface area contributed by atoms with Gasteiger partial charge in [-0.3, -0.25) is 10.00 Å². The third-order valence-corrected chi connectivity index (χ3v) is 4.26. The number of aromatic nitrogens is 4. The van der Waals surface area contributed by atoms with Gasteiger partial charge in [-0.15, -0.1) is 0 Å². The maximum atomic E-state index is 5.51. The van der Waals surface area contributed by atoms with Crippen molar-refractivity contribution in [2.75, 3.05) is 13.1 Å². The number of H-pyrrole nitrogens is 1. The van der Waals surface area contributed by atoms with E-state index in [1.54, 1.807) is 0 Å². The SMILES string of the molecule is Cc1ncc(CN2CC(NCc3cnc4n[nH]c(C)c4c3)C2)o1. The molecule has 0 amide bonds. The van der Waals surface area contributed by atoms with Gasteiger partial charge in [0.1, 0.15) is 5.76 Å². The maximum absolute atomic E-state index is 5.51. The van der Waals surface area contributed by atoms with Gasteiger partial charge < -0.3 is 9.73 Å². The Morgan fingerprint density at radius 1 is 1.30 bits per heavy atom. The molecule has 1 fully saturated rings. The first-order valence-corrected chi connectivity index (χ1v) is 7.84. The summed E-state index contributed by atoms with van der Waals surface area (Å²) >= 11 is 0. The molecule has 2 N–H and O–H groups in total. The van der Waals surface area contributed by atoms with Gasteiger partial charge in [-0.25, -0.2) is 9.97 Å². The highest BCUT2D eigenvalue weighted by Crippen LogP contribution is 2.16. The summed E-state index contributed by atoms with van der Waals surface area (Å²) in [6.07, 6.45) is 3.70. The van der Waals surface area contributed by atoms with Crippen LogP contribution in [0, 0.1) is 13.8 Å². The molecule has 0 unspecified atom stereocenters. The maximum Gasteiger partial charge on any atom is 0.191 e. The second-order valence-electron chi connectivity index (χ2n) is 6.18. The summed E-state index contributed by atoms with van der Waals surface area (Å²) in [6.45, 7) is 7.61. The number of nitrogens with one attached hydrogen (secondary N) is 2. The first kappa shape index (κ1) is 14.3. The number of aryl methyl sites for hydroxylation is 2. The van der Waals surface area contributed by atoms with Gasteiger partial charge in [0.15, 0.2) is 11.5 Å². The van der Waals surface area contributed by atoms with Crippen molar-refractivity contribution in [1.29, 1.82) is 0 Å². The van der Waals surface area contributed by atoms with Gasteiger partial charge in [0.25, 0.3) is 0 Å². The molecule has 3 aromatic heterocycles. The van der Waals surface area contributed by atoms with Crippen molar-refractivity contribution < 1.29 is 4.42 Å². The zero-order valence-electron chi connectivity index (χ0n) is 13.3. The molecule has 0 aromatic carbocycles. The molecule has 0 radical (unpaired) electrons. The molecule has 7 nitrogen and oxygen atoms in total. The van der Waals surface area contributed by atoms with Crippen LogP contribution in [0.5, 0.6) is 0 Å². The number of fused-ring (bicyclic) bond motifs is 1. The van der Waals surface area contributed by atoms with E-state index >= 15 is 0 Å². The monoisotopic (exact) mass is 312 g/mol. The van der Waals surface area contributed by atoms with E-state index in [-0.39, 0.29) is 0 Å². The molecule has 1 aliphatic heterocycles. The summed E-state index contributed by atoms with van der Waals surface area (Å²) in [6, 6.07) is 2.67. The van der Waals surface area contributed by atoms with Crippen LogP contribution in [0.15, 0.2) is 22.9 Å². The Morgan fingerprint density at radius 3 is 2.96 bits per heavy atom. The zero-order chi connectivity index (χ0) is 15.8. The zero-order valence-corrected chi connectivity index (χ0v) is 13.3. The molecule has 0 bridgehead atoms. The Bertz CT molecular complexity index is 817. The molecular formula is C16H20N6O. The van der Waals surface area contributed by atoms with Crippen molar-refractivity contribution in [3.05, 3.63) is 41.4 Å². The fraction of sp³-hybridized carbons (Fsp3) is 0.438. The van der Waals surface area contributed by atoms with Crippen LogP contribution in [0.2, 0.25) is 0 Å². The first-order chi connectivity index (χ1) is 11.2. The molecule has 1 saturated heterocycles. The van der Waals surface area contributed by atoms with E-state index in [1.807, 2.05) is 26.2 Å². The van der Waals surface area contributed by atoms with Gasteiger partial charge in [-0.05, 0) is 18.6 Å². The van der Waals surface area contributed by atoms with Gasteiger partial charge in [-0.2, -0.15) is 5.10 Å². The molecule has 7 heteroatoms. The van der Waals surface area contributed by atoms with Crippen molar-refractivity contribution in [3.8, 4) is 0 Å². The third-order valence-electron chi connectivity index (χ3n) is 4.26. The van der Waals surface area contributed by atoms with Crippen molar-refractivity contribution in [3.63, 3.8) is 0 Å². The van der Waals surface area contributed by atoms with Crippen LogP contribution in [-0.4, -0.2) is 44.2 Å². The van der Waals surface area contributed by atoms with Crippen LogP contribution in [0.4, 0.5) is 0 Å². The van der Waals surface area contributed by atoms with Crippen molar-refractivity contribution in [2.45, 2.75) is 33.0 Å². The van der Waals surface area contributed by atoms with E-state index in [9.17, 15) is 0 Å². The number of hydrogen-bond acceptors (Lipinski definition) is 6. The van der Waals surface area contributed by atoms with Gasteiger partial charge in [0.2, 0.25) is 0 Å². The average molecular weight is 312 g/mol. The number of pyridine rings is 1. The van der Waals surface area contributed by atoms with Gasteiger partial charge in [0.05, 0.1) is 12.7 Å². The lowest BCUT2D eigenvalue weighted by Crippen LogP contribution is -2.56. The molecule has 3 aromatic rings. The van der Waals surface area contributed by atoms with E-state index < -0.39 is 0 Å². The Morgan fingerprint density at radius 2 is 2.17 bits per heavy atom. The number of rotatable bonds is 5. The van der Waals surface area contributed by atoms with E-state index in [2.05, 4.69) is 36.4 Å². The highest BCUT2D eigenvalue weighted by molar-refractivity contribution is 5.77. The summed E-state index contributed by atoms with van der Waals surface area (Å²) in [5, 5.41) is 11.8. The van der Waals surface area contributed by atoms with E-state index in [0.717, 1.165) is 54.6 Å². The molecule has 0 saturated carbocycles. The lowest BCUT2D eigenvalue weighted by Gasteiger charge is -2.39. The summed E-state index contributed by atoms with van der Waals surface area (Å²) < 4.78 is 5.51. The lowest BCUT2D eigenvalue weighted by molar-refractivity contribution is 0.108. The number of hydrogen-bond donors (Lipinski definition) is 2. The van der Waals surface area contributed by atoms with Crippen LogP contribution < -0.4 is 5.32 Å². The Labute approximate surface area is 134 Å². The normalized spacial score (nSPS) is 16.1. The van der Waals surface area contributed by atoms with Gasteiger partial charge in [-0.1, -0.05) is 0 Å². The molecule has 1 aliphatic rings. The average Bonchev–Trinajstić information content (AvgIpc) is 3.08. The summed E-state index contributed by atoms with van der Waals surface area (Å²) in [5.41, 5.74) is 3.03. The second-order valence-corrected chi connectivity index (χ2v) is 6.18. The van der Waals surface area contributed by atoms with Crippen LogP contribution in [0.1, 0.15) is 22.9 Å². The smallest absolute Gasteiger partial charge is 0.191 e. The summed E-state index contributed by atoms with van der Waals surface area (Å²) in [4.78, 5) is 10.9. The topological polar surface area (TPSA) is 82.9 Å². The fourth-order valence-electron chi connectivity index (χ4n) is 2.95. The summed E-state index contributed by atoms with van der Waals surface area (Å²) in [7, 11) is 0. The minimum atomic E-state index is 0.514. The predicted octanol–water partition coefficient (Wildman–Crippen LogP) is 1.54. The fourth-order valence-corrected chi connectivity index (χ4v) is 2.95. The highest BCUT2D eigenvalue weighted by Gasteiger charge is 2.26. The van der Waals surface area contributed by atoms with Crippen LogP contribution in [-0.2, 0) is 13.1 Å². The first-order valence-electron chi connectivity index (χ1n) is 7.84. The predicted molar refractivity (Wildman–Crippen MR) is 85.8 cm³/mol. The molecule has 0 aliphatic carbocycles. The molecular weight excluding hydrogens is 292 g/mol. The van der Waals surface area contributed by atoms with Crippen LogP contribution in [0.3, 0.4) is 0 Å². The molecule has 0 spiro atoms. The van der Waals surface area contributed by atoms with Gasteiger partial charge in [0, 0.05) is 49.9 Å². The van der Waals surface area contributed by atoms with Crippen LogP contribution in [0.25, 0.3) is 11.0 Å². The number of nitrogens with zero attached hydrogens (tertiary/aromatic N) is 4. The molecule has 4 rings (SSSR count). The molecule has 120 valence electrons. The van der Waals surface area contributed by atoms with E-state index in [4.69, 9.17) is 4.42 Å². The standard InChI is InChI=1S/C16H20N6O/c1-10-15-3-12(5-19-16(15)21-20-10)4-18-13-7-22(8-13)9-14-6-17-11(2)23-14/h3,5-6,13,18H,4,7-9H2,1-2H3,(H,19,20,21). The van der Waals surface area contributed by atoms with Crippen molar-refractivity contribution in [2.24, 2.45) is 0 Å². The Balaban J connectivity index is 1.28. The number of aromatic amines is 1. The summed E-state index contributed by atoms with van der Waals surface area (Å²) in [5.74, 6) is 1.67. The molecule has 23 heavy (non-hydrogen) atoms. The lowest BCUT2D eigenvalue weighted by atomic mass is 10.1. The number of oxazole rings is 1. The van der Waals surface area contributed by atoms with Crippen molar-refractivity contribution >= 4 is 11.0 Å². The third kappa shape index (κ3) is 2.97. The molecule has 4 heterocycles. The Hall–Kier alpha value is -2.25. The van der Waals surface area contributed by atoms with E-state index in [0.29, 0.717) is 6.04 Å². The van der Waals surface area contributed by atoms with Gasteiger partial charge >= 0.3 is 0 Å². The second kappa shape index (κ2) is 5.75. The van der Waals surface area contributed by atoms with E-state index in [1.165, 1.54) is 5.56 Å². The minimum absolute atomic E-state index is 0.514.